The topological polar surface area (TPSA) is 83.4 Å². The predicted octanol–water partition coefficient (Wildman–Crippen LogP) is 2.02. The first-order valence-electron chi connectivity index (χ1n) is 8.90. The number of aromatic nitrogens is 4. The van der Waals surface area contributed by atoms with Gasteiger partial charge in [0, 0.05) is 36.3 Å². The second-order valence-corrected chi connectivity index (χ2v) is 6.74. The molecule has 7 nitrogen and oxygen atoms in total. The van der Waals surface area contributed by atoms with Crippen LogP contribution in [0.15, 0.2) is 41.3 Å². The number of aromatic amines is 1. The van der Waals surface area contributed by atoms with Crippen LogP contribution < -0.4 is 5.56 Å². The van der Waals surface area contributed by atoms with E-state index in [1.807, 2.05) is 29.2 Å². The van der Waals surface area contributed by atoms with Gasteiger partial charge in [-0.15, -0.1) is 0 Å². The standard InChI is InChI=1S/C19H21N5O2/c1-13-10-19(26)24-17(21-13)12-15(22-24)16-7-3-5-9-23(16)18(25)11-14-6-2-4-8-20-14/h2,4,6,8,10,12,16,22H,3,5,7,9,11H2,1H3/t16-/m0/s1. The number of aryl methyl sites for hydroxylation is 1. The molecule has 1 fully saturated rings. The van der Waals surface area contributed by atoms with Crippen LogP contribution in [0.4, 0.5) is 0 Å². The fourth-order valence-electron chi connectivity index (χ4n) is 3.61. The Morgan fingerprint density at radius 3 is 3.00 bits per heavy atom. The van der Waals surface area contributed by atoms with Gasteiger partial charge in [0.1, 0.15) is 0 Å². The third-order valence-corrected chi connectivity index (χ3v) is 4.84. The number of carbonyl (C=O) groups excluding carboxylic acids is 1. The third-order valence-electron chi connectivity index (χ3n) is 4.84. The highest BCUT2D eigenvalue weighted by atomic mass is 16.2. The van der Waals surface area contributed by atoms with Gasteiger partial charge in [-0.3, -0.25) is 19.7 Å². The van der Waals surface area contributed by atoms with E-state index in [0.717, 1.165) is 30.7 Å². The second kappa shape index (κ2) is 6.74. The first-order valence-corrected chi connectivity index (χ1v) is 8.90. The number of nitrogens with one attached hydrogen (secondary N) is 1. The Morgan fingerprint density at radius 1 is 1.31 bits per heavy atom. The molecule has 4 rings (SSSR count). The largest absolute Gasteiger partial charge is 0.334 e. The molecule has 26 heavy (non-hydrogen) atoms. The predicted molar refractivity (Wildman–Crippen MR) is 96.8 cm³/mol. The fraction of sp³-hybridized carbons (Fsp3) is 0.368. The lowest BCUT2D eigenvalue weighted by Crippen LogP contribution is -2.39. The molecule has 4 heterocycles. The summed E-state index contributed by atoms with van der Waals surface area (Å²) < 4.78 is 1.44. The van der Waals surface area contributed by atoms with E-state index in [1.165, 1.54) is 10.6 Å². The molecule has 0 bridgehead atoms. The SMILES string of the molecule is Cc1cc(=O)n2[nH]c([C@@H]3CCCCN3C(=O)Cc3ccccn3)cc2n1. The zero-order valence-electron chi connectivity index (χ0n) is 14.7. The number of hydrogen-bond acceptors (Lipinski definition) is 4. The van der Waals surface area contributed by atoms with Gasteiger partial charge in [-0.2, -0.15) is 0 Å². The third kappa shape index (κ3) is 3.12. The van der Waals surface area contributed by atoms with Crippen LogP contribution in [-0.4, -0.2) is 36.9 Å². The summed E-state index contributed by atoms with van der Waals surface area (Å²) in [6, 6.07) is 8.91. The molecule has 0 aromatic carbocycles. The molecule has 134 valence electrons. The normalized spacial score (nSPS) is 17.6. The molecule has 7 heteroatoms. The zero-order valence-corrected chi connectivity index (χ0v) is 14.7. The van der Waals surface area contributed by atoms with E-state index in [9.17, 15) is 9.59 Å². The van der Waals surface area contributed by atoms with Crippen molar-refractivity contribution < 1.29 is 4.79 Å². The number of rotatable bonds is 3. The number of fused-ring (bicyclic) bond motifs is 1. The van der Waals surface area contributed by atoms with Gasteiger partial charge in [-0.05, 0) is 38.3 Å². The van der Waals surface area contributed by atoms with Crippen molar-refractivity contribution >= 4 is 11.6 Å². The molecule has 0 aliphatic carbocycles. The van der Waals surface area contributed by atoms with Crippen LogP contribution >= 0.6 is 0 Å². The fourth-order valence-corrected chi connectivity index (χ4v) is 3.61. The summed E-state index contributed by atoms with van der Waals surface area (Å²) in [6.07, 6.45) is 4.90. The highest BCUT2D eigenvalue weighted by Gasteiger charge is 2.29. The number of amides is 1. The summed E-state index contributed by atoms with van der Waals surface area (Å²) >= 11 is 0. The van der Waals surface area contributed by atoms with E-state index >= 15 is 0 Å². The number of H-pyrrole nitrogens is 1. The van der Waals surface area contributed by atoms with Gasteiger partial charge in [0.25, 0.3) is 5.56 Å². The average molecular weight is 351 g/mol. The number of nitrogens with zero attached hydrogens (tertiary/aromatic N) is 4. The Balaban J connectivity index is 1.64. The van der Waals surface area contributed by atoms with E-state index < -0.39 is 0 Å². The van der Waals surface area contributed by atoms with Crippen molar-refractivity contribution in [3.05, 3.63) is 64.0 Å². The lowest BCUT2D eigenvalue weighted by atomic mass is 9.98. The van der Waals surface area contributed by atoms with Crippen molar-refractivity contribution in [2.75, 3.05) is 6.54 Å². The molecule has 0 unspecified atom stereocenters. The molecule has 3 aromatic rings. The summed E-state index contributed by atoms with van der Waals surface area (Å²) in [5, 5.41) is 3.14. The number of hydrogen-bond donors (Lipinski definition) is 1. The van der Waals surface area contributed by atoms with Crippen molar-refractivity contribution in [3.63, 3.8) is 0 Å². The van der Waals surface area contributed by atoms with E-state index in [0.29, 0.717) is 17.9 Å². The molecule has 1 amide bonds. The van der Waals surface area contributed by atoms with E-state index in [4.69, 9.17) is 0 Å². The lowest BCUT2D eigenvalue weighted by Gasteiger charge is -2.35. The lowest BCUT2D eigenvalue weighted by molar-refractivity contribution is -0.134. The average Bonchev–Trinajstić information content (AvgIpc) is 3.07. The molecule has 1 aliphatic heterocycles. The molecule has 1 aliphatic rings. The Hall–Kier alpha value is -2.96. The number of carbonyl (C=O) groups is 1. The smallest absolute Gasteiger partial charge is 0.272 e. The van der Waals surface area contributed by atoms with Crippen LogP contribution in [0.25, 0.3) is 5.65 Å². The molecule has 0 spiro atoms. The summed E-state index contributed by atoms with van der Waals surface area (Å²) in [7, 11) is 0. The van der Waals surface area contributed by atoms with Gasteiger partial charge >= 0.3 is 0 Å². The number of piperidine rings is 1. The van der Waals surface area contributed by atoms with Gasteiger partial charge in [0.15, 0.2) is 5.65 Å². The van der Waals surface area contributed by atoms with Gasteiger partial charge in [0.05, 0.1) is 18.2 Å². The van der Waals surface area contributed by atoms with Gasteiger partial charge in [-0.1, -0.05) is 6.07 Å². The first-order chi connectivity index (χ1) is 12.6. The van der Waals surface area contributed by atoms with Crippen molar-refractivity contribution in [2.24, 2.45) is 0 Å². The molecule has 1 N–H and O–H groups in total. The molecule has 1 atom stereocenters. The van der Waals surface area contributed by atoms with E-state index in [2.05, 4.69) is 15.1 Å². The molecule has 3 aromatic heterocycles. The van der Waals surface area contributed by atoms with Crippen LogP contribution in [0, 0.1) is 6.92 Å². The van der Waals surface area contributed by atoms with Crippen LogP contribution in [0.2, 0.25) is 0 Å². The van der Waals surface area contributed by atoms with Crippen molar-refractivity contribution in [2.45, 2.75) is 38.6 Å². The maximum atomic E-state index is 12.9. The van der Waals surface area contributed by atoms with Crippen molar-refractivity contribution in [1.29, 1.82) is 0 Å². The summed E-state index contributed by atoms with van der Waals surface area (Å²) in [4.78, 5) is 35.6. The van der Waals surface area contributed by atoms with E-state index in [1.54, 1.807) is 13.1 Å². The van der Waals surface area contributed by atoms with Gasteiger partial charge in [0.2, 0.25) is 5.91 Å². The van der Waals surface area contributed by atoms with Crippen molar-refractivity contribution in [3.8, 4) is 0 Å². The van der Waals surface area contributed by atoms with E-state index in [-0.39, 0.29) is 23.9 Å². The van der Waals surface area contributed by atoms with Crippen LogP contribution in [0.3, 0.4) is 0 Å². The molecule has 0 radical (unpaired) electrons. The summed E-state index contributed by atoms with van der Waals surface area (Å²) in [5.41, 5.74) is 2.77. The molecular weight excluding hydrogens is 330 g/mol. The Morgan fingerprint density at radius 2 is 2.19 bits per heavy atom. The second-order valence-electron chi connectivity index (χ2n) is 6.74. The van der Waals surface area contributed by atoms with Gasteiger partial charge < -0.3 is 4.90 Å². The zero-order chi connectivity index (χ0) is 18.1. The monoisotopic (exact) mass is 351 g/mol. The van der Waals surface area contributed by atoms with Crippen LogP contribution in [-0.2, 0) is 11.2 Å². The maximum Gasteiger partial charge on any atom is 0.272 e. The number of likely N-dealkylation sites (tertiary alicyclic amines) is 1. The van der Waals surface area contributed by atoms with Gasteiger partial charge in [-0.25, -0.2) is 9.50 Å². The Bertz CT molecular complexity index is 992. The van der Waals surface area contributed by atoms with Crippen molar-refractivity contribution in [1.82, 2.24) is 24.5 Å². The minimum absolute atomic E-state index is 0.0588. The van der Waals surface area contributed by atoms with Crippen LogP contribution in [0.5, 0.6) is 0 Å². The highest BCUT2D eigenvalue weighted by molar-refractivity contribution is 5.79. The Labute approximate surface area is 150 Å². The molecule has 1 saturated heterocycles. The minimum atomic E-state index is -0.138. The first kappa shape index (κ1) is 16.5. The quantitative estimate of drug-likeness (QED) is 0.782. The minimum Gasteiger partial charge on any atom is -0.334 e. The summed E-state index contributed by atoms with van der Waals surface area (Å²) in [5.74, 6) is 0.0588. The highest BCUT2D eigenvalue weighted by Crippen LogP contribution is 2.30. The van der Waals surface area contributed by atoms with Crippen LogP contribution in [0.1, 0.15) is 42.4 Å². The Kier molecular flexibility index (Phi) is 4.28. The number of pyridine rings is 1. The molecular formula is C19H21N5O2. The molecule has 0 saturated carbocycles. The maximum absolute atomic E-state index is 12.9. The summed E-state index contributed by atoms with van der Waals surface area (Å²) in [6.45, 7) is 2.52.